The molecule has 0 amide bonds. The molecule has 2 heteroatoms. The van der Waals surface area contributed by atoms with Crippen LogP contribution in [0.5, 0.6) is 0 Å². The molecule has 0 N–H and O–H groups in total. The van der Waals surface area contributed by atoms with Gasteiger partial charge in [0.15, 0.2) is 0 Å². The summed E-state index contributed by atoms with van der Waals surface area (Å²) in [5.41, 5.74) is 1.08. The summed E-state index contributed by atoms with van der Waals surface area (Å²) in [6.45, 7) is 12.3. The fourth-order valence-corrected chi connectivity index (χ4v) is 7.07. The van der Waals surface area contributed by atoms with Crippen molar-refractivity contribution in [2.45, 2.75) is 47.5 Å². The Bertz CT molecular complexity index is 231. The van der Waals surface area contributed by atoms with Crippen molar-refractivity contribution >= 4 is 45.2 Å². The Hall–Kier alpha value is 1.46. The van der Waals surface area contributed by atoms with Crippen LogP contribution in [0.25, 0.3) is 0 Å². The van der Waals surface area contributed by atoms with Gasteiger partial charge in [-0.2, -0.15) is 0 Å². The Labute approximate surface area is 129 Å². The van der Waals surface area contributed by atoms with Crippen LogP contribution in [0.15, 0.2) is 0 Å². The molecular formula is C14H26I2. The van der Waals surface area contributed by atoms with E-state index in [1.54, 1.807) is 0 Å². The van der Waals surface area contributed by atoms with E-state index in [0.29, 0.717) is 10.8 Å². The van der Waals surface area contributed by atoms with E-state index in [1.807, 2.05) is 0 Å². The van der Waals surface area contributed by atoms with Crippen LogP contribution in [-0.2, 0) is 0 Å². The monoisotopic (exact) mass is 448 g/mol. The maximum absolute atomic E-state index is 2.60. The van der Waals surface area contributed by atoms with E-state index in [0.717, 1.165) is 17.8 Å². The number of alkyl halides is 2. The summed E-state index contributed by atoms with van der Waals surface area (Å²) < 4.78 is 2.64. The van der Waals surface area contributed by atoms with Gasteiger partial charge in [0.2, 0.25) is 0 Å². The van der Waals surface area contributed by atoms with Crippen LogP contribution in [-0.4, -0.2) is 8.86 Å². The van der Waals surface area contributed by atoms with Gasteiger partial charge in [-0.3, -0.25) is 0 Å². The van der Waals surface area contributed by atoms with Gasteiger partial charge in [-0.25, -0.2) is 0 Å². The minimum atomic E-state index is 0.478. The van der Waals surface area contributed by atoms with Crippen LogP contribution in [0.4, 0.5) is 0 Å². The molecule has 2 atom stereocenters. The summed E-state index contributed by atoms with van der Waals surface area (Å²) in [7, 11) is 0. The predicted octanol–water partition coefficient (Wildman–Crippen LogP) is 5.57. The molecule has 0 saturated heterocycles. The smallest absolute Gasteiger partial charge is 0.00366 e. The minimum Gasteiger partial charge on any atom is -0.0860 e. The van der Waals surface area contributed by atoms with Crippen molar-refractivity contribution in [3.8, 4) is 0 Å². The fourth-order valence-electron chi connectivity index (χ4n) is 3.69. The van der Waals surface area contributed by atoms with E-state index in [1.165, 1.54) is 21.7 Å². The van der Waals surface area contributed by atoms with Crippen molar-refractivity contribution in [1.82, 2.24) is 0 Å². The van der Waals surface area contributed by atoms with Gasteiger partial charge >= 0.3 is 0 Å². The van der Waals surface area contributed by atoms with Crippen LogP contribution in [0.1, 0.15) is 47.5 Å². The van der Waals surface area contributed by atoms with E-state index < -0.39 is 0 Å². The number of rotatable bonds is 5. The second-order valence-corrected chi connectivity index (χ2v) is 8.12. The van der Waals surface area contributed by atoms with Crippen LogP contribution >= 0.6 is 45.2 Å². The Balaban J connectivity index is 3.07. The molecule has 0 aromatic rings. The third-order valence-electron chi connectivity index (χ3n) is 5.61. The van der Waals surface area contributed by atoms with E-state index in [2.05, 4.69) is 79.8 Å². The average Bonchev–Trinajstić information content (AvgIpc) is 2.22. The Kier molecular flexibility index (Phi) is 5.45. The summed E-state index contributed by atoms with van der Waals surface area (Å²) in [5, 5.41) is 0. The van der Waals surface area contributed by atoms with Gasteiger partial charge in [0.25, 0.3) is 0 Å². The molecule has 16 heavy (non-hydrogen) atoms. The Morgan fingerprint density at radius 1 is 1.25 bits per heavy atom. The molecule has 0 heterocycles. The maximum Gasteiger partial charge on any atom is 0.00366 e. The summed E-state index contributed by atoms with van der Waals surface area (Å²) in [4.78, 5) is 0. The molecule has 0 nitrogen and oxygen atoms in total. The Morgan fingerprint density at radius 2 is 1.75 bits per heavy atom. The summed E-state index contributed by atoms with van der Waals surface area (Å²) in [6, 6.07) is 0. The number of hydrogen-bond acceptors (Lipinski definition) is 0. The normalized spacial score (nSPS) is 30.9. The second-order valence-electron chi connectivity index (χ2n) is 6.36. The molecule has 1 fully saturated rings. The zero-order valence-electron chi connectivity index (χ0n) is 11.3. The highest BCUT2D eigenvalue weighted by molar-refractivity contribution is 14.1. The van der Waals surface area contributed by atoms with E-state index >= 15 is 0 Å². The van der Waals surface area contributed by atoms with Crippen molar-refractivity contribution in [1.29, 1.82) is 0 Å². The molecule has 1 saturated carbocycles. The van der Waals surface area contributed by atoms with E-state index in [-0.39, 0.29) is 0 Å². The van der Waals surface area contributed by atoms with Gasteiger partial charge in [0, 0.05) is 8.86 Å². The molecule has 0 aromatic carbocycles. The lowest BCUT2D eigenvalue weighted by Gasteiger charge is -2.63. The molecule has 1 aliphatic rings. The van der Waals surface area contributed by atoms with Gasteiger partial charge in [0.1, 0.15) is 0 Å². The van der Waals surface area contributed by atoms with Crippen molar-refractivity contribution in [2.75, 3.05) is 8.86 Å². The zero-order valence-corrected chi connectivity index (χ0v) is 15.6. The predicted molar refractivity (Wildman–Crippen MR) is 90.7 cm³/mol. The second kappa shape index (κ2) is 5.62. The topological polar surface area (TPSA) is 0 Å². The zero-order chi connectivity index (χ0) is 12.6. The highest BCUT2D eigenvalue weighted by Gasteiger charge is 2.58. The van der Waals surface area contributed by atoms with Crippen molar-refractivity contribution in [3.05, 3.63) is 0 Å². The molecule has 1 unspecified atom stereocenters. The van der Waals surface area contributed by atoms with Crippen molar-refractivity contribution < 1.29 is 0 Å². The van der Waals surface area contributed by atoms with Gasteiger partial charge in [-0.05, 0) is 41.4 Å². The molecule has 96 valence electrons. The average molecular weight is 448 g/mol. The van der Waals surface area contributed by atoms with Crippen LogP contribution in [0.2, 0.25) is 0 Å². The van der Waals surface area contributed by atoms with Gasteiger partial charge in [-0.1, -0.05) is 79.8 Å². The van der Waals surface area contributed by atoms with Crippen molar-refractivity contribution in [2.24, 2.45) is 28.6 Å². The largest absolute Gasteiger partial charge is 0.0860 e. The summed E-state index contributed by atoms with van der Waals surface area (Å²) >= 11 is 5.20. The van der Waals surface area contributed by atoms with E-state index in [9.17, 15) is 0 Å². The molecule has 1 rings (SSSR count). The first kappa shape index (κ1) is 15.5. The molecule has 0 bridgehead atoms. The number of hydrogen-bond donors (Lipinski definition) is 0. The lowest BCUT2D eigenvalue weighted by atomic mass is 9.42. The van der Waals surface area contributed by atoms with Gasteiger partial charge < -0.3 is 0 Å². The molecule has 0 radical (unpaired) electrons. The summed E-state index contributed by atoms with van der Waals surface area (Å²) in [6.07, 6.45) is 2.90. The number of halogens is 2. The van der Waals surface area contributed by atoms with Crippen LogP contribution in [0.3, 0.4) is 0 Å². The van der Waals surface area contributed by atoms with Gasteiger partial charge in [-0.15, -0.1) is 0 Å². The fraction of sp³-hybridized carbons (Fsp3) is 1.00. The van der Waals surface area contributed by atoms with Crippen LogP contribution in [0, 0.1) is 28.6 Å². The SMILES string of the molecule is CC(C)C(C)(C)C1(C(CI)CI)CC[C@@H]1C. The van der Waals surface area contributed by atoms with Crippen molar-refractivity contribution in [3.63, 3.8) is 0 Å². The third-order valence-corrected chi connectivity index (χ3v) is 7.74. The summed E-state index contributed by atoms with van der Waals surface area (Å²) in [5.74, 6) is 2.60. The highest BCUT2D eigenvalue weighted by atomic mass is 127. The van der Waals surface area contributed by atoms with Gasteiger partial charge in [0.05, 0.1) is 0 Å². The lowest BCUT2D eigenvalue weighted by Crippen LogP contribution is -2.57. The minimum absolute atomic E-state index is 0.478. The van der Waals surface area contributed by atoms with E-state index in [4.69, 9.17) is 0 Å². The molecule has 0 aliphatic heterocycles. The third kappa shape index (κ3) is 2.19. The highest BCUT2D eigenvalue weighted by Crippen LogP contribution is 2.64. The first-order chi connectivity index (χ1) is 7.34. The molecule has 1 aliphatic carbocycles. The Morgan fingerprint density at radius 3 is 1.94 bits per heavy atom. The van der Waals surface area contributed by atoms with Crippen LogP contribution < -0.4 is 0 Å². The lowest BCUT2D eigenvalue weighted by molar-refractivity contribution is -0.130. The standard InChI is InChI=1S/C14H26I2/c1-10(2)13(4,5)14(7-6-11(14)3)12(8-15)9-16/h10-12H,6-9H2,1-5H3/t11-,14?/m0/s1. The molecule has 0 spiro atoms. The molecular weight excluding hydrogens is 422 g/mol. The quantitative estimate of drug-likeness (QED) is 0.381. The molecule has 0 aromatic heterocycles. The first-order valence-corrected chi connectivity index (χ1v) is 9.51. The first-order valence-electron chi connectivity index (χ1n) is 6.46. The maximum atomic E-state index is 2.60.